The van der Waals surface area contributed by atoms with Gasteiger partial charge in [-0.3, -0.25) is 20.4 Å². The maximum Gasteiger partial charge on any atom is 0.413 e. The molecule has 0 aromatic carbocycles. The van der Waals surface area contributed by atoms with Crippen molar-refractivity contribution in [1.29, 1.82) is 0 Å². The van der Waals surface area contributed by atoms with Crippen LogP contribution in [0.2, 0.25) is 0 Å². The van der Waals surface area contributed by atoms with Gasteiger partial charge < -0.3 is 28.7 Å². The Morgan fingerprint density at radius 3 is 1.63 bits per heavy atom. The fraction of sp³-hybridized carbons (Fsp3) is 0.829. The topological polar surface area (TPSA) is 185 Å². The van der Waals surface area contributed by atoms with Gasteiger partial charge in [0, 0.05) is 32.7 Å². The number of nitrogens with one attached hydrogen (secondary N) is 2. The molecular weight excluding hydrogens is 736 g/mol. The lowest BCUT2D eigenvalue weighted by Crippen LogP contribution is -2.69. The van der Waals surface area contributed by atoms with Crippen molar-refractivity contribution >= 4 is 42.1 Å². The van der Waals surface area contributed by atoms with Crippen molar-refractivity contribution in [3.8, 4) is 0 Å². The van der Waals surface area contributed by atoms with Crippen LogP contribution in [-0.2, 0) is 28.5 Å². The first-order valence-electron chi connectivity index (χ1n) is 21.7. The van der Waals surface area contributed by atoms with Gasteiger partial charge in [-0.15, -0.1) is 0 Å². The van der Waals surface area contributed by atoms with Crippen LogP contribution in [0, 0.1) is 29.6 Å². The zero-order valence-electron chi connectivity index (χ0n) is 34.2. The molecule has 5 rings (SSSR count). The molecule has 3 saturated carbocycles. The van der Waals surface area contributed by atoms with Gasteiger partial charge in [-0.1, -0.05) is 71.6 Å². The largest absolute Gasteiger partial charge is 0.464 e. The maximum atomic E-state index is 13.7. The Morgan fingerprint density at radius 2 is 1.14 bits per heavy atom. The number of imide groups is 1. The van der Waals surface area contributed by atoms with E-state index in [1.165, 1.54) is 22.6 Å². The van der Waals surface area contributed by atoms with E-state index < -0.39 is 48.1 Å². The summed E-state index contributed by atoms with van der Waals surface area (Å²) in [5, 5.41) is 5.10. The molecule has 0 aromatic heterocycles. The highest BCUT2D eigenvalue weighted by Crippen LogP contribution is 2.34. The normalized spacial score (nSPS) is 22.3. The van der Waals surface area contributed by atoms with Crippen molar-refractivity contribution in [2.45, 2.75) is 129 Å². The number of likely N-dealkylation sites (tertiary alicyclic amines) is 1. The summed E-state index contributed by atoms with van der Waals surface area (Å²) in [5.41, 5.74) is 0. The Bertz CT molecular complexity index is 1350. The fourth-order valence-corrected chi connectivity index (χ4v) is 8.49. The third-order valence-electron chi connectivity index (χ3n) is 11.9. The molecule has 2 aliphatic heterocycles. The summed E-state index contributed by atoms with van der Waals surface area (Å²) in [5.74, 6) is -0.964. The molecule has 2 heterocycles. The molecule has 5 aliphatic rings. The van der Waals surface area contributed by atoms with E-state index in [1.54, 1.807) is 0 Å². The van der Waals surface area contributed by atoms with E-state index in [0.717, 1.165) is 88.4 Å². The van der Waals surface area contributed by atoms with Crippen molar-refractivity contribution in [1.82, 2.24) is 25.3 Å². The average Bonchev–Trinajstić information content (AvgIpc) is 3.23. The Balaban J connectivity index is 1.18. The molecule has 2 atom stereocenters. The molecule has 0 radical (unpaired) electrons. The van der Waals surface area contributed by atoms with E-state index in [1.807, 2.05) is 13.8 Å². The third-order valence-corrected chi connectivity index (χ3v) is 11.9. The molecule has 3 aliphatic carbocycles. The molecule has 5 fully saturated rings. The van der Waals surface area contributed by atoms with Gasteiger partial charge in [0.25, 0.3) is 0 Å². The molecule has 16 heteroatoms. The molecule has 6 amide bonds. The van der Waals surface area contributed by atoms with Crippen LogP contribution in [0.4, 0.5) is 19.2 Å². The molecule has 0 aromatic rings. The number of ether oxygens (including phenoxy) is 4. The minimum Gasteiger partial charge on any atom is -0.464 e. The summed E-state index contributed by atoms with van der Waals surface area (Å²) in [6.45, 7) is 5.97. The van der Waals surface area contributed by atoms with Gasteiger partial charge in [0.05, 0.1) is 32.3 Å². The van der Waals surface area contributed by atoms with Gasteiger partial charge >= 0.3 is 30.3 Å². The monoisotopic (exact) mass is 802 g/mol. The van der Waals surface area contributed by atoms with Crippen LogP contribution in [0.5, 0.6) is 0 Å². The van der Waals surface area contributed by atoms with Crippen LogP contribution < -0.4 is 10.6 Å². The third kappa shape index (κ3) is 13.8. The number of hydrogen-bond acceptors (Lipinski definition) is 11. The summed E-state index contributed by atoms with van der Waals surface area (Å²) in [7, 11) is 0. The van der Waals surface area contributed by atoms with Crippen molar-refractivity contribution in [2.75, 3.05) is 59.2 Å². The van der Waals surface area contributed by atoms with Crippen molar-refractivity contribution in [2.24, 2.45) is 34.6 Å². The van der Waals surface area contributed by atoms with E-state index in [2.05, 4.69) is 15.6 Å². The quantitative estimate of drug-likeness (QED) is 0.0541. The number of β-lactam (4-membered cyclic amide) rings is 1. The maximum absolute atomic E-state index is 13.7. The van der Waals surface area contributed by atoms with Crippen LogP contribution in [0.25, 0.3) is 0 Å². The predicted molar refractivity (Wildman–Crippen MR) is 210 cm³/mol. The van der Waals surface area contributed by atoms with Crippen LogP contribution >= 0.6 is 0 Å². The van der Waals surface area contributed by atoms with E-state index in [0.29, 0.717) is 24.9 Å². The molecular formula is C41H66N6O10. The summed E-state index contributed by atoms with van der Waals surface area (Å²) in [6, 6.07) is -1.68. The smallest absolute Gasteiger partial charge is 0.413 e. The summed E-state index contributed by atoms with van der Waals surface area (Å²) in [6.07, 6.45) is 14.7. The van der Waals surface area contributed by atoms with E-state index in [4.69, 9.17) is 18.9 Å². The van der Waals surface area contributed by atoms with E-state index in [-0.39, 0.29) is 76.8 Å². The van der Waals surface area contributed by atoms with Gasteiger partial charge in [-0.2, -0.15) is 0 Å². The van der Waals surface area contributed by atoms with Gasteiger partial charge in [0.1, 0.15) is 0 Å². The highest BCUT2D eigenvalue weighted by atomic mass is 16.6. The molecule has 320 valence electrons. The number of nitrogens with zero attached hydrogens (tertiary/aromatic N) is 4. The number of hydrogen-bond donors (Lipinski definition) is 2. The molecule has 2 N–H and O–H groups in total. The zero-order valence-corrected chi connectivity index (χ0v) is 34.2. The molecule has 16 nitrogen and oxygen atoms in total. The van der Waals surface area contributed by atoms with Gasteiger partial charge in [-0.25, -0.2) is 28.9 Å². The number of rotatable bonds is 13. The SMILES string of the molecule is CC(C)COC(=O)N1CCN(C(=O)N2C(=O)[C@H](CCCN=C(NC(=O)OCC3CCCCC3)NC(=O)OCC3CCCCC3)C2C(=O)OCC2CCCCC2)CC1. The highest BCUT2D eigenvalue weighted by molar-refractivity contribution is 6.08. The van der Waals surface area contributed by atoms with Crippen LogP contribution in [-0.4, -0.2) is 122 Å². The second-order valence-electron chi connectivity index (χ2n) is 16.9. The van der Waals surface area contributed by atoms with E-state index in [9.17, 15) is 28.8 Å². The van der Waals surface area contributed by atoms with Gasteiger partial charge in [0.2, 0.25) is 11.9 Å². The second-order valence-corrected chi connectivity index (χ2v) is 16.9. The number of aliphatic imine (C=N–C) groups is 1. The Hall–Kier alpha value is -4.11. The highest BCUT2D eigenvalue weighted by Gasteiger charge is 2.56. The van der Waals surface area contributed by atoms with Gasteiger partial charge in [-0.05, 0) is 75.0 Å². The minimum atomic E-state index is -1.09. The Kier molecular flexibility index (Phi) is 17.5. The molecule has 57 heavy (non-hydrogen) atoms. The number of esters is 1. The van der Waals surface area contributed by atoms with Crippen LogP contribution in [0.15, 0.2) is 4.99 Å². The molecule has 1 unspecified atom stereocenters. The Morgan fingerprint density at radius 1 is 0.667 bits per heavy atom. The van der Waals surface area contributed by atoms with Gasteiger partial charge in [0.15, 0.2) is 6.04 Å². The minimum absolute atomic E-state index is 0.0948. The predicted octanol–water partition coefficient (Wildman–Crippen LogP) is 6.22. The molecule has 2 saturated heterocycles. The van der Waals surface area contributed by atoms with Crippen molar-refractivity contribution < 1.29 is 47.7 Å². The number of alkyl carbamates (subject to hydrolysis) is 2. The second kappa shape index (κ2) is 22.7. The summed E-state index contributed by atoms with van der Waals surface area (Å²) >= 11 is 0. The summed E-state index contributed by atoms with van der Waals surface area (Å²) < 4.78 is 22.1. The van der Waals surface area contributed by atoms with Crippen LogP contribution in [0.1, 0.15) is 123 Å². The summed E-state index contributed by atoms with van der Waals surface area (Å²) in [4.78, 5) is 87.5. The standard InChI is InChI=1S/C41H66N6O10/c1-29(2)25-57-41(53)46-23-21-45(22-24-46)40(52)47-34(36(49)54-26-30-13-6-3-7-14-30)33(35(47)48)19-12-20-42-37(43-38(50)55-27-31-15-8-4-9-16-31)44-39(51)56-28-32-17-10-5-11-18-32/h29-34H,3-28H2,1-2H3,(H2,42,43,44,50,51)/t33-,34?/m1/s1. The lowest BCUT2D eigenvalue weighted by molar-refractivity contribution is -0.171. The number of carbonyl (C=O) groups is 6. The number of amides is 6. The lowest BCUT2D eigenvalue weighted by Gasteiger charge is -2.46. The first kappa shape index (κ1) is 44.0. The fourth-order valence-electron chi connectivity index (χ4n) is 8.49. The number of guanidine groups is 1. The first-order valence-corrected chi connectivity index (χ1v) is 21.7. The molecule has 0 bridgehead atoms. The van der Waals surface area contributed by atoms with Crippen LogP contribution in [0.3, 0.4) is 0 Å². The number of piperazine rings is 1. The molecule has 0 spiro atoms. The number of carbonyl (C=O) groups excluding carboxylic acids is 6. The van der Waals surface area contributed by atoms with Crippen molar-refractivity contribution in [3.63, 3.8) is 0 Å². The average molecular weight is 803 g/mol. The lowest BCUT2D eigenvalue weighted by atomic mass is 9.83. The van der Waals surface area contributed by atoms with Crippen molar-refractivity contribution in [3.05, 3.63) is 0 Å². The Labute approximate surface area is 337 Å². The first-order chi connectivity index (χ1) is 27.6. The van der Waals surface area contributed by atoms with E-state index >= 15 is 0 Å². The zero-order chi connectivity index (χ0) is 40.6. The number of urea groups is 1.